The Hall–Kier alpha value is -2.97. The third kappa shape index (κ3) is 4.01. The van der Waals surface area contributed by atoms with Crippen molar-refractivity contribution in [3.05, 3.63) is 56.9 Å². The predicted octanol–water partition coefficient (Wildman–Crippen LogP) is 4.36. The van der Waals surface area contributed by atoms with Crippen LogP contribution < -0.4 is 14.8 Å². The van der Waals surface area contributed by atoms with Crippen molar-refractivity contribution in [1.29, 1.82) is 0 Å². The van der Waals surface area contributed by atoms with Gasteiger partial charge in [-0.25, -0.2) is 0 Å². The number of benzene rings is 2. The molecule has 30 heavy (non-hydrogen) atoms. The van der Waals surface area contributed by atoms with E-state index in [4.69, 9.17) is 21.1 Å². The minimum atomic E-state index is -0.547. The Labute approximate surface area is 182 Å². The standard InChI is InChI=1S/C21H17ClN2O5S/c1-11-3-4-14(5-12(11)2)23-19(25)9-24-20(26)18(30-21(24)27)7-13-6-16-17(8-15(13)22)29-10-28-16/h3-8H,9-10H2,1-2H3,(H,23,25)/b18-7-. The number of carbonyl (C=O) groups excluding carboxylic acids is 3. The van der Waals surface area contributed by atoms with E-state index in [-0.39, 0.29) is 18.2 Å². The Balaban J connectivity index is 1.48. The number of hydrogen-bond donors (Lipinski definition) is 1. The van der Waals surface area contributed by atoms with Crippen LogP contribution in [0.3, 0.4) is 0 Å². The molecule has 2 aromatic carbocycles. The maximum absolute atomic E-state index is 12.7. The summed E-state index contributed by atoms with van der Waals surface area (Å²) < 4.78 is 10.6. The number of aryl methyl sites for hydroxylation is 2. The van der Waals surface area contributed by atoms with Crippen molar-refractivity contribution in [2.24, 2.45) is 0 Å². The number of halogens is 1. The number of fused-ring (bicyclic) bond motifs is 1. The fourth-order valence-corrected chi connectivity index (χ4v) is 4.02. The lowest BCUT2D eigenvalue weighted by Crippen LogP contribution is -2.36. The van der Waals surface area contributed by atoms with Gasteiger partial charge in [0.2, 0.25) is 12.7 Å². The first-order valence-electron chi connectivity index (χ1n) is 9.03. The first-order valence-corrected chi connectivity index (χ1v) is 10.2. The van der Waals surface area contributed by atoms with Gasteiger partial charge in [-0.05, 0) is 66.6 Å². The number of thioether (sulfide) groups is 1. The van der Waals surface area contributed by atoms with E-state index < -0.39 is 17.1 Å². The summed E-state index contributed by atoms with van der Waals surface area (Å²) in [5, 5.41) is 2.56. The molecule has 1 N–H and O–H groups in total. The van der Waals surface area contributed by atoms with E-state index in [2.05, 4.69) is 5.32 Å². The second kappa shape index (κ2) is 8.04. The van der Waals surface area contributed by atoms with Crippen LogP contribution in [0.1, 0.15) is 16.7 Å². The molecule has 4 rings (SSSR count). The van der Waals surface area contributed by atoms with Crippen LogP contribution in [0, 0.1) is 13.8 Å². The zero-order valence-electron chi connectivity index (χ0n) is 16.2. The molecule has 2 aromatic rings. The van der Waals surface area contributed by atoms with Gasteiger partial charge in [0.05, 0.1) is 9.93 Å². The molecule has 0 radical (unpaired) electrons. The molecule has 0 aromatic heterocycles. The number of rotatable bonds is 4. The normalized spacial score (nSPS) is 16.5. The molecule has 0 aliphatic carbocycles. The van der Waals surface area contributed by atoms with Gasteiger partial charge in [0.1, 0.15) is 6.54 Å². The minimum absolute atomic E-state index is 0.0985. The van der Waals surface area contributed by atoms with Crippen LogP contribution in [0.15, 0.2) is 35.2 Å². The maximum atomic E-state index is 12.7. The summed E-state index contributed by atoms with van der Waals surface area (Å²) in [6, 6.07) is 8.74. The van der Waals surface area contributed by atoms with E-state index in [0.717, 1.165) is 27.8 Å². The predicted molar refractivity (Wildman–Crippen MR) is 115 cm³/mol. The fourth-order valence-electron chi connectivity index (χ4n) is 2.98. The van der Waals surface area contributed by atoms with Crippen LogP contribution in [0.4, 0.5) is 10.5 Å². The second-order valence-corrected chi connectivity index (χ2v) is 8.24. The molecule has 1 saturated heterocycles. The molecule has 2 aliphatic heterocycles. The lowest BCUT2D eigenvalue weighted by molar-refractivity contribution is -0.127. The van der Waals surface area contributed by atoms with Crippen molar-refractivity contribution >= 4 is 52.2 Å². The highest BCUT2D eigenvalue weighted by molar-refractivity contribution is 8.18. The average molecular weight is 445 g/mol. The van der Waals surface area contributed by atoms with E-state index in [1.54, 1.807) is 18.2 Å². The first-order chi connectivity index (χ1) is 14.3. The lowest BCUT2D eigenvalue weighted by atomic mass is 10.1. The molecule has 0 bridgehead atoms. The van der Waals surface area contributed by atoms with Crippen molar-refractivity contribution in [3.63, 3.8) is 0 Å². The number of carbonyl (C=O) groups is 3. The van der Waals surface area contributed by atoms with Crippen molar-refractivity contribution in [2.75, 3.05) is 18.7 Å². The van der Waals surface area contributed by atoms with Gasteiger partial charge in [-0.2, -0.15) is 0 Å². The molecule has 9 heteroatoms. The monoisotopic (exact) mass is 444 g/mol. The topological polar surface area (TPSA) is 84.9 Å². The second-order valence-electron chi connectivity index (χ2n) is 6.84. The summed E-state index contributed by atoms with van der Waals surface area (Å²) in [6.45, 7) is 3.64. The summed E-state index contributed by atoms with van der Waals surface area (Å²) in [6.07, 6.45) is 1.51. The zero-order valence-corrected chi connectivity index (χ0v) is 17.7. The van der Waals surface area contributed by atoms with Gasteiger partial charge < -0.3 is 14.8 Å². The summed E-state index contributed by atoms with van der Waals surface area (Å²) in [5.41, 5.74) is 3.26. The Morgan fingerprint density at radius 3 is 2.63 bits per heavy atom. The van der Waals surface area contributed by atoms with Gasteiger partial charge in [-0.3, -0.25) is 19.3 Å². The van der Waals surface area contributed by atoms with Gasteiger partial charge in [0, 0.05) is 11.8 Å². The summed E-state index contributed by atoms with van der Waals surface area (Å²) in [4.78, 5) is 38.5. The largest absolute Gasteiger partial charge is 0.454 e. The summed E-state index contributed by atoms with van der Waals surface area (Å²) in [5.74, 6) is 0.0304. The molecule has 0 atom stereocenters. The quantitative estimate of drug-likeness (QED) is 0.705. The van der Waals surface area contributed by atoms with Gasteiger partial charge in [-0.1, -0.05) is 17.7 Å². The van der Waals surface area contributed by atoms with E-state index >= 15 is 0 Å². The fraction of sp³-hybridized carbons (Fsp3) is 0.190. The van der Waals surface area contributed by atoms with Crippen LogP contribution in [-0.2, 0) is 9.59 Å². The number of nitrogens with zero attached hydrogens (tertiary/aromatic N) is 1. The van der Waals surface area contributed by atoms with Gasteiger partial charge in [0.25, 0.3) is 11.1 Å². The Bertz CT molecular complexity index is 1110. The summed E-state index contributed by atoms with van der Waals surface area (Å²) >= 11 is 7.00. The molecular weight excluding hydrogens is 428 g/mol. The number of imide groups is 1. The number of ether oxygens (including phenoxy) is 2. The highest BCUT2D eigenvalue weighted by Crippen LogP contribution is 2.39. The molecule has 0 saturated carbocycles. The minimum Gasteiger partial charge on any atom is -0.454 e. The van der Waals surface area contributed by atoms with Crippen LogP contribution in [-0.4, -0.2) is 35.3 Å². The molecular formula is C21H17ClN2O5S. The van der Waals surface area contributed by atoms with E-state index in [1.165, 1.54) is 6.08 Å². The first kappa shape index (κ1) is 20.3. The molecule has 0 spiro atoms. The number of amides is 3. The molecule has 1 fully saturated rings. The third-order valence-corrected chi connectivity index (χ3v) is 5.98. The Morgan fingerprint density at radius 2 is 1.90 bits per heavy atom. The van der Waals surface area contributed by atoms with Gasteiger partial charge in [-0.15, -0.1) is 0 Å². The lowest BCUT2D eigenvalue weighted by Gasteiger charge is -2.13. The number of hydrogen-bond acceptors (Lipinski definition) is 6. The van der Waals surface area contributed by atoms with Crippen molar-refractivity contribution in [3.8, 4) is 11.5 Å². The molecule has 0 unspecified atom stereocenters. The highest BCUT2D eigenvalue weighted by atomic mass is 35.5. The van der Waals surface area contributed by atoms with E-state index in [0.29, 0.717) is 27.8 Å². The Morgan fingerprint density at radius 1 is 1.17 bits per heavy atom. The van der Waals surface area contributed by atoms with Gasteiger partial charge in [0.15, 0.2) is 11.5 Å². The third-order valence-electron chi connectivity index (χ3n) is 4.74. The van der Waals surface area contributed by atoms with Crippen molar-refractivity contribution in [1.82, 2.24) is 4.90 Å². The number of nitrogens with one attached hydrogen (secondary N) is 1. The van der Waals surface area contributed by atoms with E-state index in [1.807, 2.05) is 26.0 Å². The average Bonchev–Trinajstić information content (AvgIpc) is 3.24. The van der Waals surface area contributed by atoms with Crippen LogP contribution in [0.2, 0.25) is 5.02 Å². The molecule has 2 heterocycles. The smallest absolute Gasteiger partial charge is 0.294 e. The molecule has 7 nitrogen and oxygen atoms in total. The van der Waals surface area contributed by atoms with Gasteiger partial charge >= 0.3 is 0 Å². The molecule has 2 aliphatic rings. The molecule has 154 valence electrons. The van der Waals surface area contributed by atoms with E-state index in [9.17, 15) is 14.4 Å². The Kier molecular flexibility index (Phi) is 5.44. The SMILES string of the molecule is Cc1ccc(NC(=O)CN2C(=O)S/C(=C\c3cc4c(cc3Cl)OCO4)C2=O)cc1C. The number of anilines is 1. The van der Waals surface area contributed by atoms with Crippen LogP contribution >= 0.6 is 23.4 Å². The maximum Gasteiger partial charge on any atom is 0.294 e. The van der Waals surface area contributed by atoms with Crippen molar-refractivity contribution < 1.29 is 23.9 Å². The van der Waals surface area contributed by atoms with Crippen LogP contribution in [0.5, 0.6) is 11.5 Å². The van der Waals surface area contributed by atoms with Crippen molar-refractivity contribution in [2.45, 2.75) is 13.8 Å². The zero-order chi connectivity index (χ0) is 21.4. The molecule has 3 amide bonds. The van der Waals surface area contributed by atoms with Crippen LogP contribution in [0.25, 0.3) is 6.08 Å². The highest BCUT2D eigenvalue weighted by Gasteiger charge is 2.36. The summed E-state index contributed by atoms with van der Waals surface area (Å²) in [7, 11) is 0.